The number of benzene rings is 1. The molecule has 2 amide bonds. The van der Waals surface area contributed by atoms with Gasteiger partial charge in [0, 0.05) is 32.3 Å². The van der Waals surface area contributed by atoms with E-state index < -0.39 is 0 Å². The third-order valence-electron chi connectivity index (χ3n) is 3.27. The van der Waals surface area contributed by atoms with Crippen molar-refractivity contribution in [1.29, 1.82) is 0 Å². The first-order valence-corrected chi connectivity index (χ1v) is 7.20. The molecule has 2 aromatic rings. The minimum absolute atomic E-state index is 0.172. The van der Waals surface area contributed by atoms with E-state index in [2.05, 4.69) is 15.6 Å². The maximum atomic E-state index is 12.3. The van der Waals surface area contributed by atoms with Crippen LogP contribution in [0.3, 0.4) is 0 Å². The van der Waals surface area contributed by atoms with Crippen LogP contribution < -0.4 is 15.5 Å². The number of carbonyl (C=O) groups excluding carboxylic acids is 2. The molecule has 6 nitrogen and oxygen atoms in total. The Bertz CT molecular complexity index is 724. The average Bonchev–Trinajstić information content (AvgIpc) is 2.49. The van der Waals surface area contributed by atoms with E-state index in [1.807, 2.05) is 32.0 Å². The van der Waals surface area contributed by atoms with E-state index >= 15 is 0 Å². The zero-order chi connectivity index (χ0) is 17.0. The maximum absolute atomic E-state index is 12.3. The molecule has 0 saturated heterocycles. The molecule has 1 heterocycles. The monoisotopic (exact) mass is 312 g/mol. The second-order valence-electron chi connectivity index (χ2n) is 5.46. The quantitative estimate of drug-likeness (QED) is 0.910. The summed E-state index contributed by atoms with van der Waals surface area (Å²) >= 11 is 0. The molecule has 0 spiro atoms. The van der Waals surface area contributed by atoms with Gasteiger partial charge in [0.15, 0.2) is 0 Å². The van der Waals surface area contributed by atoms with Gasteiger partial charge in [-0.15, -0.1) is 0 Å². The Balaban J connectivity index is 2.15. The number of aryl methyl sites for hydroxylation is 1. The van der Waals surface area contributed by atoms with Crippen LogP contribution in [0.4, 0.5) is 17.2 Å². The summed E-state index contributed by atoms with van der Waals surface area (Å²) < 4.78 is 0. The molecule has 0 aliphatic rings. The predicted octanol–water partition coefficient (Wildman–Crippen LogP) is 2.67. The van der Waals surface area contributed by atoms with E-state index in [-0.39, 0.29) is 11.8 Å². The smallest absolute Gasteiger partial charge is 0.255 e. The largest absolute Gasteiger partial charge is 0.363 e. The van der Waals surface area contributed by atoms with Gasteiger partial charge in [0.2, 0.25) is 5.91 Å². The standard InChI is InChI=1S/C17H20N4O2/c1-11-5-6-13(9-15(11)19-12(2)22)17(23)20-14-7-8-16(18-10-14)21(3)4/h5-10H,1-4H3,(H,19,22)(H,20,23). The minimum Gasteiger partial charge on any atom is -0.363 e. The minimum atomic E-state index is -0.254. The van der Waals surface area contributed by atoms with Crippen LogP contribution >= 0.6 is 0 Å². The molecule has 0 unspecified atom stereocenters. The van der Waals surface area contributed by atoms with Crippen molar-refractivity contribution in [3.63, 3.8) is 0 Å². The zero-order valence-electron chi connectivity index (χ0n) is 13.7. The number of hydrogen-bond donors (Lipinski definition) is 2. The molecule has 0 aliphatic heterocycles. The van der Waals surface area contributed by atoms with E-state index in [9.17, 15) is 9.59 Å². The van der Waals surface area contributed by atoms with Crippen molar-refractivity contribution in [2.45, 2.75) is 13.8 Å². The highest BCUT2D eigenvalue weighted by Gasteiger charge is 2.10. The fraction of sp³-hybridized carbons (Fsp3) is 0.235. The highest BCUT2D eigenvalue weighted by Crippen LogP contribution is 2.18. The third kappa shape index (κ3) is 4.29. The summed E-state index contributed by atoms with van der Waals surface area (Å²) in [7, 11) is 3.80. The van der Waals surface area contributed by atoms with Crippen LogP contribution in [0, 0.1) is 6.92 Å². The van der Waals surface area contributed by atoms with Crippen LogP contribution in [-0.4, -0.2) is 30.9 Å². The van der Waals surface area contributed by atoms with Crippen LogP contribution in [0.1, 0.15) is 22.8 Å². The topological polar surface area (TPSA) is 74.3 Å². The first kappa shape index (κ1) is 16.5. The lowest BCUT2D eigenvalue weighted by atomic mass is 10.1. The number of anilines is 3. The number of amides is 2. The Kier molecular flexibility index (Phi) is 4.95. The van der Waals surface area contributed by atoms with Crippen LogP contribution in [0.25, 0.3) is 0 Å². The summed E-state index contributed by atoms with van der Waals surface area (Å²) in [6.07, 6.45) is 1.61. The zero-order valence-corrected chi connectivity index (χ0v) is 13.7. The van der Waals surface area contributed by atoms with E-state index in [0.29, 0.717) is 16.9 Å². The normalized spacial score (nSPS) is 10.1. The molecule has 0 atom stereocenters. The molecule has 1 aromatic heterocycles. The number of hydrogen-bond acceptors (Lipinski definition) is 4. The van der Waals surface area contributed by atoms with Gasteiger partial charge in [-0.3, -0.25) is 9.59 Å². The number of rotatable bonds is 4. The lowest BCUT2D eigenvalue weighted by molar-refractivity contribution is -0.114. The SMILES string of the molecule is CC(=O)Nc1cc(C(=O)Nc2ccc(N(C)C)nc2)ccc1C. The van der Waals surface area contributed by atoms with Gasteiger partial charge < -0.3 is 15.5 Å². The Hall–Kier alpha value is -2.89. The fourth-order valence-corrected chi connectivity index (χ4v) is 2.02. The van der Waals surface area contributed by atoms with E-state index in [1.54, 1.807) is 30.5 Å². The fourth-order valence-electron chi connectivity index (χ4n) is 2.02. The molecule has 6 heteroatoms. The van der Waals surface area contributed by atoms with E-state index in [1.165, 1.54) is 6.92 Å². The Morgan fingerprint density at radius 3 is 2.39 bits per heavy atom. The highest BCUT2D eigenvalue weighted by molar-refractivity contribution is 6.05. The second-order valence-corrected chi connectivity index (χ2v) is 5.46. The van der Waals surface area contributed by atoms with Crippen molar-refractivity contribution >= 4 is 29.0 Å². The molecule has 0 aliphatic carbocycles. The Labute approximate surface area is 135 Å². The van der Waals surface area contributed by atoms with Crippen molar-refractivity contribution in [3.8, 4) is 0 Å². The molecular weight excluding hydrogens is 292 g/mol. The lowest BCUT2D eigenvalue weighted by Gasteiger charge is -2.12. The van der Waals surface area contributed by atoms with Gasteiger partial charge in [-0.1, -0.05) is 6.07 Å². The van der Waals surface area contributed by atoms with Gasteiger partial charge in [0.05, 0.1) is 11.9 Å². The molecule has 23 heavy (non-hydrogen) atoms. The van der Waals surface area contributed by atoms with Gasteiger partial charge in [-0.25, -0.2) is 4.98 Å². The maximum Gasteiger partial charge on any atom is 0.255 e. The van der Waals surface area contributed by atoms with Crippen molar-refractivity contribution in [1.82, 2.24) is 4.98 Å². The molecule has 0 fully saturated rings. The Morgan fingerprint density at radius 1 is 1.09 bits per heavy atom. The number of aromatic nitrogens is 1. The van der Waals surface area contributed by atoms with Crippen LogP contribution in [-0.2, 0) is 4.79 Å². The van der Waals surface area contributed by atoms with E-state index in [4.69, 9.17) is 0 Å². The average molecular weight is 312 g/mol. The summed E-state index contributed by atoms with van der Waals surface area (Å²) in [5.74, 6) is 0.386. The Morgan fingerprint density at radius 2 is 1.83 bits per heavy atom. The summed E-state index contributed by atoms with van der Waals surface area (Å²) in [4.78, 5) is 29.7. The summed E-state index contributed by atoms with van der Waals surface area (Å²) in [6, 6.07) is 8.80. The van der Waals surface area contributed by atoms with Crippen molar-refractivity contribution in [3.05, 3.63) is 47.7 Å². The summed E-state index contributed by atoms with van der Waals surface area (Å²) in [5, 5.41) is 5.51. The van der Waals surface area contributed by atoms with Gasteiger partial charge in [0.25, 0.3) is 5.91 Å². The molecule has 2 N–H and O–H groups in total. The highest BCUT2D eigenvalue weighted by atomic mass is 16.2. The van der Waals surface area contributed by atoms with Crippen LogP contribution in [0.2, 0.25) is 0 Å². The number of nitrogens with one attached hydrogen (secondary N) is 2. The molecule has 0 bridgehead atoms. The van der Waals surface area contributed by atoms with Gasteiger partial charge >= 0.3 is 0 Å². The molecule has 0 saturated carbocycles. The van der Waals surface area contributed by atoms with Crippen molar-refractivity contribution in [2.24, 2.45) is 0 Å². The van der Waals surface area contributed by atoms with Gasteiger partial charge in [-0.2, -0.15) is 0 Å². The predicted molar refractivity (Wildman–Crippen MR) is 92.0 cm³/mol. The van der Waals surface area contributed by atoms with Crippen molar-refractivity contribution < 1.29 is 9.59 Å². The number of pyridine rings is 1. The second kappa shape index (κ2) is 6.91. The molecule has 0 radical (unpaired) electrons. The summed E-state index contributed by atoms with van der Waals surface area (Å²) in [6.45, 7) is 3.31. The molecule has 2 rings (SSSR count). The molecule has 1 aromatic carbocycles. The number of carbonyl (C=O) groups is 2. The van der Waals surface area contributed by atoms with Gasteiger partial charge in [-0.05, 0) is 36.8 Å². The first-order valence-electron chi connectivity index (χ1n) is 7.20. The van der Waals surface area contributed by atoms with Crippen molar-refractivity contribution in [2.75, 3.05) is 29.6 Å². The first-order chi connectivity index (χ1) is 10.9. The van der Waals surface area contributed by atoms with Gasteiger partial charge in [0.1, 0.15) is 5.82 Å². The lowest BCUT2D eigenvalue weighted by Crippen LogP contribution is -2.15. The summed E-state index contributed by atoms with van der Waals surface area (Å²) in [5.41, 5.74) is 2.61. The van der Waals surface area contributed by atoms with Crippen LogP contribution in [0.5, 0.6) is 0 Å². The molecule has 120 valence electrons. The molecular formula is C17H20N4O2. The number of nitrogens with zero attached hydrogens (tertiary/aromatic N) is 2. The van der Waals surface area contributed by atoms with Crippen LogP contribution in [0.15, 0.2) is 36.5 Å². The van der Waals surface area contributed by atoms with E-state index in [0.717, 1.165) is 11.4 Å². The third-order valence-corrected chi connectivity index (χ3v) is 3.27.